The summed E-state index contributed by atoms with van der Waals surface area (Å²) < 4.78 is 10.6. The van der Waals surface area contributed by atoms with Crippen LogP contribution in [0.25, 0.3) is 11.3 Å². The molecular formula is C12H13NO2. The molecule has 0 atom stereocenters. The summed E-state index contributed by atoms with van der Waals surface area (Å²) in [6.45, 7) is 0.427. The summed E-state index contributed by atoms with van der Waals surface area (Å²) in [4.78, 5) is 0. The van der Waals surface area contributed by atoms with Gasteiger partial charge in [0.2, 0.25) is 0 Å². The Bertz CT molecular complexity index is 431. The predicted octanol–water partition coefficient (Wildman–Crippen LogP) is 2.41. The Morgan fingerprint density at radius 3 is 2.40 bits per heavy atom. The van der Waals surface area contributed by atoms with Gasteiger partial charge in [0.25, 0.3) is 0 Å². The summed E-state index contributed by atoms with van der Waals surface area (Å²) in [5, 5.41) is 0. The van der Waals surface area contributed by atoms with Gasteiger partial charge in [0, 0.05) is 5.56 Å². The molecule has 0 radical (unpaired) electrons. The van der Waals surface area contributed by atoms with Gasteiger partial charge in [0.15, 0.2) is 0 Å². The van der Waals surface area contributed by atoms with Crippen molar-refractivity contribution in [2.75, 3.05) is 7.11 Å². The minimum atomic E-state index is 0.427. The smallest absolute Gasteiger partial charge is 0.134 e. The van der Waals surface area contributed by atoms with Crippen LogP contribution in [0.3, 0.4) is 0 Å². The molecule has 1 aromatic heterocycles. The molecule has 15 heavy (non-hydrogen) atoms. The van der Waals surface area contributed by atoms with E-state index < -0.39 is 0 Å². The average molecular weight is 203 g/mol. The van der Waals surface area contributed by atoms with Gasteiger partial charge in [-0.15, -0.1) is 0 Å². The van der Waals surface area contributed by atoms with E-state index in [1.54, 1.807) is 7.11 Å². The van der Waals surface area contributed by atoms with Crippen molar-refractivity contribution in [3.63, 3.8) is 0 Å². The van der Waals surface area contributed by atoms with E-state index in [2.05, 4.69) is 0 Å². The van der Waals surface area contributed by atoms with Crippen molar-refractivity contribution in [2.45, 2.75) is 6.54 Å². The number of hydrogen-bond donors (Lipinski definition) is 1. The zero-order valence-corrected chi connectivity index (χ0v) is 8.57. The standard InChI is InChI=1S/C12H13NO2/c1-14-10-4-2-9(3-5-10)12-7-6-11(8-13)15-12/h2-7H,8,13H2,1H3. The molecular weight excluding hydrogens is 190 g/mol. The van der Waals surface area contributed by atoms with E-state index in [1.165, 1.54) is 0 Å². The first-order valence-electron chi connectivity index (χ1n) is 4.76. The van der Waals surface area contributed by atoms with Gasteiger partial charge < -0.3 is 14.9 Å². The lowest BCUT2D eigenvalue weighted by Gasteiger charge is -2.00. The van der Waals surface area contributed by atoms with Crippen LogP contribution in [-0.2, 0) is 6.54 Å². The lowest BCUT2D eigenvalue weighted by atomic mass is 10.2. The fourth-order valence-electron chi connectivity index (χ4n) is 1.40. The van der Waals surface area contributed by atoms with E-state index in [0.717, 1.165) is 22.8 Å². The minimum absolute atomic E-state index is 0.427. The highest BCUT2D eigenvalue weighted by molar-refractivity contribution is 5.58. The molecule has 2 N–H and O–H groups in total. The molecule has 0 spiro atoms. The maximum atomic E-state index is 5.53. The van der Waals surface area contributed by atoms with Crippen molar-refractivity contribution < 1.29 is 9.15 Å². The predicted molar refractivity (Wildman–Crippen MR) is 58.6 cm³/mol. The zero-order chi connectivity index (χ0) is 10.7. The molecule has 0 fully saturated rings. The fraction of sp³-hybridized carbons (Fsp3) is 0.167. The Kier molecular flexibility index (Phi) is 2.74. The van der Waals surface area contributed by atoms with Gasteiger partial charge in [-0.25, -0.2) is 0 Å². The summed E-state index contributed by atoms with van der Waals surface area (Å²) in [7, 11) is 1.65. The van der Waals surface area contributed by atoms with E-state index in [1.807, 2.05) is 36.4 Å². The van der Waals surface area contributed by atoms with Gasteiger partial charge in [-0.05, 0) is 36.4 Å². The van der Waals surface area contributed by atoms with Gasteiger partial charge in [-0.2, -0.15) is 0 Å². The third kappa shape index (κ3) is 2.02. The minimum Gasteiger partial charge on any atom is -0.497 e. The van der Waals surface area contributed by atoms with E-state index in [9.17, 15) is 0 Å². The van der Waals surface area contributed by atoms with E-state index in [-0.39, 0.29) is 0 Å². The van der Waals surface area contributed by atoms with Gasteiger partial charge in [0.1, 0.15) is 17.3 Å². The molecule has 3 heteroatoms. The molecule has 0 saturated carbocycles. The Hall–Kier alpha value is -1.74. The summed E-state index contributed by atoms with van der Waals surface area (Å²) >= 11 is 0. The highest BCUT2D eigenvalue weighted by atomic mass is 16.5. The van der Waals surface area contributed by atoms with Gasteiger partial charge >= 0.3 is 0 Å². The number of hydrogen-bond acceptors (Lipinski definition) is 3. The lowest BCUT2D eigenvalue weighted by Crippen LogP contribution is -1.92. The first-order chi connectivity index (χ1) is 7.33. The number of furan rings is 1. The fourth-order valence-corrected chi connectivity index (χ4v) is 1.40. The molecule has 1 aromatic carbocycles. The summed E-state index contributed by atoms with van der Waals surface area (Å²) in [5.41, 5.74) is 6.50. The molecule has 3 nitrogen and oxygen atoms in total. The maximum Gasteiger partial charge on any atom is 0.134 e. The Morgan fingerprint density at radius 2 is 1.87 bits per heavy atom. The van der Waals surface area contributed by atoms with Crippen LogP contribution in [0.4, 0.5) is 0 Å². The first-order valence-corrected chi connectivity index (χ1v) is 4.76. The van der Waals surface area contributed by atoms with E-state index in [4.69, 9.17) is 14.9 Å². The summed E-state index contributed by atoms with van der Waals surface area (Å²) in [6, 6.07) is 11.5. The van der Waals surface area contributed by atoms with Crippen LogP contribution >= 0.6 is 0 Å². The SMILES string of the molecule is COc1ccc(-c2ccc(CN)o2)cc1. The maximum absolute atomic E-state index is 5.53. The van der Waals surface area contributed by atoms with Crippen LogP contribution in [0, 0.1) is 0 Å². The van der Waals surface area contributed by atoms with Crippen molar-refractivity contribution in [1.82, 2.24) is 0 Å². The Morgan fingerprint density at radius 1 is 1.13 bits per heavy atom. The normalized spacial score (nSPS) is 10.3. The van der Waals surface area contributed by atoms with Crippen LogP contribution in [-0.4, -0.2) is 7.11 Å². The highest BCUT2D eigenvalue weighted by Gasteiger charge is 2.03. The van der Waals surface area contributed by atoms with Crippen LogP contribution < -0.4 is 10.5 Å². The molecule has 0 aliphatic heterocycles. The quantitative estimate of drug-likeness (QED) is 0.833. The number of rotatable bonds is 3. The molecule has 2 aromatic rings. The molecule has 1 heterocycles. The molecule has 0 amide bonds. The van der Waals surface area contributed by atoms with E-state index >= 15 is 0 Å². The highest BCUT2D eigenvalue weighted by Crippen LogP contribution is 2.24. The second-order valence-corrected chi connectivity index (χ2v) is 3.20. The van der Waals surface area contributed by atoms with Crippen molar-refractivity contribution in [1.29, 1.82) is 0 Å². The van der Waals surface area contributed by atoms with E-state index in [0.29, 0.717) is 6.54 Å². The molecule has 0 bridgehead atoms. The molecule has 78 valence electrons. The number of ether oxygens (including phenoxy) is 1. The summed E-state index contributed by atoms with van der Waals surface area (Å²) in [5.74, 6) is 2.46. The first kappa shape index (κ1) is 9.80. The number of nitrogens with two attached hydrogens (primary N) is 1. The molecule has 0 aliphatic rings. The van der Waals surface area contributed by atoms with Gasteiger partial charge in [-0.1, -0.05) is 0 Å². The second-order valence-electron chi connectivity index (χ2n) is 3.20. The summed E-state index contributed by atoms with van der Waals surface area (Å²) in [6.07, 6.45) is 0. The zero-order valence-electron chi connectivity index (χ0n) is 8.57. The molecule has 0 saturated heterocycles. The molecule has 2 rings (SSSR count). The number of benzene rings is 1. The third-order valence-corrected chi connectivity index (χ3v) is 2.24. The topological polar surface area (TPSA) is 48.4 Å². The van der Waals surface area contributed by atoms with Crippen molar-refractivity contribution >= 4 is 0 Å². The van der Waals surface area contributed by atoms with Crippen LogP contribution in [0.15, 0.2) is 40.8 Å². The van der Waals surface area contributed by atoms with Crippen molar-refractivity contribution in [3.05, 3.63) is 42.2 Å². The van der Waals surface area contributed by atoms with Gasteiger partial charge in [0.05, 0.1) is 13.7 Å². The largest absolute Gasteiger partial charge is 0.497 e. The third-order valence-electron chi connectivity index (χ3n) is 2.24. The average Bonchev–Trinajstić information content (AvgIpc) is 2.78. The Labute approximate surface area is 88.5 Å². The van der Waals surface area contributed by atoms with Crippen molar-refractivity contribution in [3.8, 4) is 17.1 Å². The van der Waals surface area contributed by atoms with Crippen LogP contribution in [0.2, 0.25) is 0 Å². The molecule has 0 unspecified atom stereocenters. The lowest BCUT2D eigenvalue weighted by molar-refractivity contribution is 0.415. The van der Waals surface area contributed by atoms with Crippen LogP contribution in [0.1, 0.15) is 5.76 Å². The number of methoxy groups -OCH3 is 1. The second kappa shape index (κ2) is 4.19. The monoisotopic (exact) mass is 203 g/mol. The Balaban J connectivity index is 2.28. The van der Waals surface area contributed by atoms with Crippen molar-refractivity contribution in [2.24, 2.45) is 5.73 Å². The van der Waals surface area contributed by atoms with Gasteiger partial charge in [-0.3, -0.25) is 0 Å². The molecule has 0 aliphatic carbocycles. The van der Waals surface area contributed by atoms with Crippen LogP contribution in [0.5, 0.6) is 5.75 Å².